The average molecular weight is 295 g/mol. The summed E-state index contributed by atoms with van der Waals surface area (Å²) in [6, 6.07) is 3.36. The summed E-state index contributed by atoms with van der Waals surface area (Å²) in [5, 5.41) is 3.19. The molecule has 0 aliphatic heterocycles. The lowest BCUT2D eigenvalue weighted by atomic mass is 10.2. The molecule has 0 atom stereocenters. The van der Waals surface area contributed by atoms with Crippen molar-refractivity contribution in [2.45, 2.75) is 25.4 Å². The molecule has 0 saturated heterocycles. The van der Waals surface area contributed by atoms with Crippen LogP contribution in [0.25, 0.3) is 11.4 Å². The Morgan fingerprint density at radius 2 is 1.86 bits per heavy atom. The zero-order valence-corrected chi connectivity index (χ0v) is 10.9. The Kier molecular flexibility index (Phi) is 3.50. The number of hydrogen-bond donors (Lipinski definition) is 2. The van der Waals surface area contributed by atoms with E-state index < -0.39 is 23.0 Å². The number of halogens is 3. The molecule has 4 nitrogen and oxygen atoms in total. The molecule has 7 heteroatoms. The smallest absolute Gasteiger partial charge is 0.251 e. The van der Waals surface area contributed by atoms with Crippen molar-refractivity contribution < 1.29 is 13.2 Å². The summed E-state index contributed by atoms with van der Waals surface area (Å²) < 4.78 is 39.4. The van der Waals surface area contributed by atoms with Crippen molar-refractivity contribution in [1.29, 1.82) is 0 Å². The molecule has 2 aromatic rings. The highest BCUT2D eigenvalue weighted by Crippen LogP contribution is 2.21. The Morgan fingerprint density at radius 3 is 2.48 bits per heavy atom. The minimum atomic E-state index is -1.55. The Bertz CT molecular complexity index is 717. The van der Waals surface area contributed by atoms with Crippen molar-refractivity contribution in [3.8, 4) is 11.4 Å². The van der Waals surface area contributed by atoms with Crippen molar-refractivity contribution >= 4 is 0 Å². The third kappa shape index (κ3) is 3.13. The fourth-order valence-electron chi connectivity index (χ4n) is 1.96. The second-order valence-electron chi connectivity index (χ2n) is 4.99. The van der Waals surface area contributed by atoms with Crippen LogP contribution in [0.3, 0.4) is 0 Å². The molecule has 0 radical (unpaired) electrons. The van der Waals surface area contributed by atoms with Crippen LogP contribution in [0.4, 0.5) is 13.2 Å². The van der Waals surface area contributed by atoms with Crippen molar-refractivity contribution in [2.75, 3.05) is 0 Å². The zero-order valence-electron chi connectivity index (χ0n) is 10.9. The van der Waals surface area contributed by atoms with Gasteiger partial charge in [-0.15, -0.1) is 0 Å². The van der Waals surface area contributed by atoms with E-state index in [1.54, 1.807) is 0 Å². The molecule has 1 aliphatic carbocycles. The molecule has 1 heterocycles. The van der Waals surface area contributed by atoms with Crippen LogP contribution in [0.15, 0.2) is 23.0 Å². The van der Waals surface area contributed by atoms with Crippen LogP contribution in [0, 0.1) is 17.5 Å². The highest BCUT2D eigenvalue weighted by Gasteiger charge is 2.20. The van der Waals surface area contributed by atoms with E-state index in [1.165, 1.54) is 6.07 Å². The topological polar surface area (TPSA) is 57.8 Å². The fraction of sp³-hybridized carbons (Fsp3) is 0.286. The number of H-pyrrole nitrogens is 1. The molecule has 0 spiro atoms. The lowest BCUT2D eigenvalue weighted by Crippen LogP contribution is -2.19. The minimum Gasteiger partial charge on any atom is -0.308 e. The number of nitrogens with one attached hydrogen (secondary N) is 2. The summed E-state index contributed by atoms with van der Waals surface area (Å²) in [5.74, 6) is -4.19. The van der Waals surface area contributed by atoms with E-state index in [9.17, 15) is 18.0 Å². The summed E-state index contributed by atoms with van der Waals surface area (Å²) >= 11 is 0. The monoisotopic (exact) mass is 295 g/mol. The molecule has 0 bridgehead atoms. The van der Waals surface area contributed by atoms with Gasteiger partial charge in [0.1, 0.15) is 5.82 Å². The first-order chi connectivity index (χ1) is 10.0. The van der Waals surface area contributed by atoms with Crippen LogP contribution in [0.2, 0.25) is 0 Å². The highest BCUT2D eigenvalue weighted by atomic mass is 19.2. The van der Waals surface area contributed by atoms with Crippen LogP contribution >= 0.6 is 0 Å². The van der Waals surface area contributed by atoms with Gasteiger partial charge in [0, 0.05) is 24.2 Å². The SMILES string of the molecule is O=c1cc(CNC2CC2)nc(-c2cc(F)c(F)c(F)c2)[nH]1. The lowest BCUT2D eigenvalue weighted by molar-refractivity contribution is 0.447. The van der Waals surface area contributed by atoms with Gasteiger partial charge in [0.25, 0.3) is 5.56 Å². The fourth-order valence-corrected chi connectivity index (χ4v) is 1.96. The van der Waals surface area contributed by atoms with E-state index in [2.05, 4.69) is 15.3 Å². The van der Waals surface area contributed by atoms with Gasteiger partial charge in [-0.05, 0) is 25.0 Å². The summed E-state index contributed by atoms with van der Waals surface area (Å²) in [7, 11) is 0. The second-order valence-corrected chi connectivity index (χ2v) is 4.99. The molecule has 1 aromatic carbocycles. The maximum absolute atomic E-state index is 13.2. The Hall–Kier alpha value is -2.15. The Labute approximate surface area is 118 Å². The number of aromatic amines is 1. The maximum atomic E-state index is 13.2. The van der Waals surface area contributed by atoms with Gasteiger partial charge in [0.05, 0.1) is 5.69 Å². The van der Waals surface area contributed by atoms with Crippen molar-refractivity contribution in [3.63, 3.8) is 0 Å². The zero-order chi connectivity index (χ0) is 15.0. The molecule has 0 amide bonds. The van der Waals surface area contributed by atoms with Gasteiger partial charge in [-0.1, -0.05) is 0 Å². The number of benzene rings is 1. The van der Waals surface area contributed by atoms with E-state index in [1.807, 2.05) is 0 Å². The van der Waals surface area contributed by atoms with Gasteiger partial charge in [0.15, 0.2) is 17.5 Å². The van der Waals surface area contributed by atoms with E-state index >= 15 is 0 Å². The molecule has 0 unspecified atom stereocenters. The largest absolute Gasteiger partial charge is 0.308 e. The maximum Gasteiger partial charge on any atom is 0.251 e. The minimum absolute atomic E-state index is 0.00731. The predicted molar refractivity (Wildman–Crippen MR) is 70.0 cm³/mol. The third-order valence-corrected chi connectivity index (χ3v) is 3.20. The number of hydrogen-bond acceptors (Lipinski definition) is 3. The van der Waals surface area contributed by atoms with Gasteiger partial charge in [-0.3, -0.25) is 4.79 Å². The normalized spacial score (nSPS) is 14.4. The van der Waals surface area contributed by atoms with E-state index in [-0.39, 0.29) is 11.4 Å². The molecule has 2 N–H and O–H groups in total. The summed E-state index contributed by atoms with van der Waals surface area (Å²) in [4.78, 5) is 18.1. The van der Waals surface area contributed by atoms with Gasteiger partial charge in [-0.25, -0.2) is 18.2 Å². The van der Waals surface area contributed by atoms with Crippen LogP contribution in [0.5, 0.6) is 0 Å². The molecule has 110 valence electrons. The standard InChI is InChI=1S/C14H12F3N3O/c15-10-3-7(4-11(16)13(10)17)14-19-9(5-12(21)20-14)6-18-8-1-2-8/h3-5,8,18H,1-2,6H2,(H,19,20,21). The Morgan fingerprint density at radius 1 is 1.19 bits per heavy atom. The van der Waals surface area contributed by atoms with Gasteiger partial charge < -0.3 is 10.3 Å². The van der Waals surface area contributed by atoms with Crippen LogP contribution in [0.1, 0.15) is 18.5 Å². The lowest BCUT2D eigenvalue weighted by Gasteiger charge is -2.06. The predicted octanol–water partition coefficient (Wildman–Crippen LogP) is 2.11. The van der Waals surface area contributed by atoms with Gasteiger partial charge in [-0.2, -0.15) is 0 Å². The molecule has 21 heavy (non-hydrogen) atoms. The van der Waals surface area contributed by atoms with Crippen LogP contribution in [-0.2, 0) is 6.54 Å². The first-order valence-corrected chi connectivity index (χ1v) is 6.51. The molecular formula is C14H12F3N3O. The third-order valence-electron chi connectivity index (χ3n) is 3.20. The van der Waals surface area contributed by atoms with Crippen molar-refractivity contribution in [3.05, 3.63) is 51.7 Å². The van der Waals surface area contributed by atoms with Crippen LogP contribution in [-0.4, -0.2) is 16.0 Å². The van der Waals surface area contributed by atoms with E-state index in [4.69, 9.17) is 0 Å². The van der Waals surface area contributed by atoms with Crippen molar-refractivity contribution in [1.82, 2.24) is 15.3 Å². The quantitative estimate of drug-likeness (QED) is 0.849. The molecule has 1 aliphatic rings. The van der Waals surface area contributed by atoms with Crippen molar-refractivity contribution in [2.24, 2.45) is 0 Å². The molecule has 1 aromatic heterocycles. The van der Waals surface area contributed by atoms with Gasteiger partial charge in [0.2, 0.25) is 0 Å². The first-order valence-electron chi connectivity index (χ1n) is 6.51. The van der Waals surface area contributed by atoms with E-state index in [0.29, 0.717) is 18.3 Å². The highest BCUT2D eigenvalue weighted by molar-refractivity contribution is 5.55. The molecule has 1 fully saturated rings. The summed E-state index contributed by atoms with van der Waals surface area (Å²) in [6.45, 7) is 0.397. The first kappa shape index (κ1) is 13.8. The summed E-state index contributed by atoms with van der Waals surface area (Å²) in [5.41, 5.74) is 0.0142. The average Bonchev–Trinajstić information content (AvgIpc) is 3.25. The van der Waals surface area contributed by atoms with E-state index in [0.717, 1.165) is 25.0 Å². The molecule has 3 rings (SSSR count). The molecular weight excluding hydrogens is 283 g/mol. The Balaban J connectivity index is 1.95. The number of rotatable bonds is 4. The number of nitrogens with zero attached hydrogens (tertiary/aromatic N) is 1. The molecule has 1 saturated carbocycles. The second kappa shape index (κ2) is 5.33. The number of aromatic nitrogens is 2. The summed E-state index contributed by atoms with van der Waals surface area (Å²) in [6.07, 6.45) is 2.18. The van der Waals surface area contributed by atoms with Crippen LogP contribution < -0.4 is 10.9 Å². The van der Waals surface area contributed by atoms with Gasteiger partial charge >= 0.3 is 0 Å².